The fourth-order valence-corrected chi connectivity index (χ4v) is 10.2. The molecule has 0 radical (unpaired) electrons. The van der Waals surface area contributed by atoms with Gasteiger partial charge in [0.15, 0.2) is 0 Å². The molecule has 4 aliphatic heterocycles. The van der Waals surface area contributed by atoms with Crippen molar-refractivity contribution < 1.29 is 24.2 Å². The molecule has 3 unspecified atom stereocenters. The molecule has 0 saturated carbocycles. The van der Waals surface area contributed by atoms with Crippen LogP contribution in [0, 0.1) is 17.8 Å². The molecule has 2 bridgehead atoms. The number of carbonyl (C=O) groups is 3. The fourth-order valence-electron chi connectivity index (χ4n) is 7.75. The van der Waals surface area contributed by atoms with Crippen LogP contribution in [0.15, 0.2) is 60.7 Å². The van der Waals surface area contributed by atoms with Crippen LogP contribution in [0.3, 0.4) is 0 Å². The number of hydrogen-bond acceptors (Lipinski definition) is 7. The number of nitrogens with zero attached hydrogens (tertiary/aromatic N) is 2. The molecule has 4 saturated heterocycles. The number of thioether (sulfide) groups is 1. The molecular weight excluding hydrogens is 564 g/mol. The average Bonchev–Trinajstić information content (AvgIpc) is 3.63. The second-order valence-corrected chi connectivity index (χ2v) is 13.8. The van der Waals surface area contributed by atoms with Gasteiger partial charge in [0.25, 0.3) is 0 Å². The van der Waals surface area contributed by atoms with Crippen LogP contribution in [0.1, 0.15) is 24.5 Å². The number of morpholine rings is 1. The molecule has 3 N–H and O–H groups in total. The Balaban J connectivity index is 1.28. The van der Waals surface area contributed by atoms with Gasteiger partial charge in [0.2, 0.25) is 17.7 Å². The molecule has 230 valence electrons. The zero-order chi connectivity index (χ0) is 30.0. The van der Waals surface area contributed by atoms with Gasteiger partial charge in [-0.25, -0.2) is 0 Å². The summed E-state index contributed by atoms with van der Waals surface area (Å²) in [7, 11) is 0. The highest BCUT2D eigenvalue weighted by molar-refractivity contribution is 8.02. The van der Waals surface area contributed by atoms with Crippen molar-refractivity contribution >= 4 is 29.5 Å². The minimum Gasteiger partial charge on any atom is -0.394 e. The molecule has 2 aromatic carbocycles. The summed E-state index contributed by atoms with van der Waals surface area (Å²) in [5, 5.41) is 16.9. The molecule has 3 amide bonds. The number of aliphatic hydroxyl groups excluding tert-OH is 1. The molecule has 4 aliphatic rings. The molecule has 0 aromatic heterocycles. The lowest BCUT2D eigenvalue weighted by Crippen LogP contribution is -2.59. The van der Waals surface area contributed by atoms with E-state index in [9.17, 15) is 19.5 Å². The number of amides is 3. The maximum absolute atomic E-state index is 14.6. The lowest BCUT2D eigenvalue weighted by atomic mass is 9.66. The first-order valence-electron chi connectivity index (χ1n) is 15.5. The number of aliphatic hydroxyl groups is 1. The van der Waals surface area contributed by atoms with Crippen molar-refractivity contribution in [1.29, 1.82) is 0 Å². The Hall–Kier alpha value is -2.92. The summed E-state index contributed by atoms with van der Waals surface area (Å²) in [6.45, 7) is 6.43. The van der Waals surface area contributed by atoms with Crippen LogP contribution in [0.5, 0.6) is 0 Å². The summed E-state index contributed by atoms with van der Waals surface area (Å²) in [4.78, 5) is 46.5. The summed E-state index contributed by atoms with van der Waals surface area (Å²) in [5.41, 5.74) is 1.98. The van der Waals surface area contributed by atoms with Crippen molar-refractivity contribution in [2.75, 3.05) is 46.0 Å². The molecule has 43 heavy (non-hydrogen) atoms. The zero-order valence-electron chi connectivity index (χ0n) is 24.7. The largest absolute Gasteiger partial charge is 0.394 e. The normalized spacial score (nSPS) is 30.7. The number of fused-ring (bicyclic) bond motifs is 1. The zero-order valence-corrected chi connectivity index (χ0v) is 25.5. The number of likely N-dealkylation sites (tertiary alicyclic amines) is 1. The van der Waals surface area contributed by atoms with E-state index in [1.165, 1.54) is 0 Å². The Kier molecular flexibility index (Phi) is 9.09. The second-order valence-electron chi connectivity index (χ2n) is 12.3. The Morgan fingerprint density at radius 1 is 1.02 bits per heavy atom. The number of ether oxygens (including phenoxy) is 1. The monoisotopic (exact) mass is 606 g/mol. The summed E-state index contributed by atoms with van der Waals surface area (Å²) >= 11 is 1.66. The van der Waals surface area contributed by atoms with Crippen molar-refractivity contribution in [3.8, 4) is 0 Å². The highest BCUT2D eigenvalue weighted by Gasteiger charge is 2.76. The van der Waals surface area contributed by atoms with E-state index in [-0.39, 0.29) is 35.5 Å². The second kappa shape index (κ2) is 13.0. The van der Waals surface area contributed by atoms with Gasteiger partial charge in [0, 0.05) is 38.0 Å². The lowest BCUT2D eigenvalue weighted by molar-refractivity contribution is -0.142. The van der Waals surface area contributed by atoms with E-state index in [4.69, 9.17) is 4.74 Å². The van der Waals surface area contributed by atoms with Crippen LogP contribution in [0.4, 0.5) is 0 Å². The molecule has 0 aliphatic carbocycles. The van der Waals surface area contributed by atoms with Crippen molar-refractivity contribution in [3.63, 3.8) is 0 Å². The van der Waals surface area contributed by atoms with Crippen molar-refractivity contribution in [2.45, 2.75) is 48.4 Å². The van der Waals surface area contributed by atoms with Gasteiger partial charge in [-0.15, -0.1) is 11.8 Å². The minimum atomic E-state index is -0.771. The smallest absolute Gasteiger partial charge is 0.244 e. The molecule has 2 aromatic rings. The van der Waals surface area contributed by atoms with Crippen LogP contribution in [-0.2, 0) is 32.1 Å². The maximum Gasteiger partial charge on any atom is 0.244 e. The molecule has 9 nitrogen and oxygen atoms in total. The first kappa shape index (κ1) is 30.1. The standard InChI is InChI=1S/C33H42N4O5S/c1-22-18-26-27(30(39)35-20-24-10-6-3-7-11-24)28-32(41)37(25(21-38)19-23-8-4-2-5-9-23)29(33(22,28)43-26)31(40)34-12-13-36-14-16-42-17-15-36/h2-11,22,25-29,38H,12-21H2,1H3,(H,34,40)(H,35,39)/t22?,25-,26-,27+,28+,29?,33?/m1/s1. The lowest BCUT2D eigenvalue weighted by Gasteiger charge is -2.40. The van der Waals surface area contributed by atoms with Gasteiger partial charge >= 0.3 is 0 Å². The highest BCUT2D eigenvalue weighted by atomic mass is 32.2. The Morgan fingerprint density at radius 3 is 2.37 bits per heavy atom. The third-order valence-electron chi connectivity index (χ3n) is 9.79. The Labute approximate surface area is 257 Å². The minimum absolute atomic E-state index is 0.0350. The number of benzene rings is 2. The van der Waals surface area contributed by atoms with E-state index in [1.54, 1.807) is 16.7 Å². The number of carbonyl (C=O) groups excluding carboxylic acids is 3. The molecular formula is C33H42N4O5S. The third-order valence-corrected chi connectivity index (χ3v) is 11.9. The number of hydrogen-bond donors (Lipinski definition) is 3. The third kappa shape index (κ3) is 5.70. The maximum atomic E-state index is 14.6. The van der Waals surface area contributed by atoms with Gasteiger partial charge in [0.05, 0.1) is 42.4 Å². The molecule has 7 atom stereocenters. The van der Waals surface area contributed by atoms with Crippen LogP contribution in [0.2, 0.25) is 0 Å². The summed E-state index contributed by atoms with van der Waals surface area (Å²) in [6, 6.07) is 18.2. The topological polar surface area (TPSA) is 111 Å². The molecule has 4 fully saturated rings. The quantitative estimate of drug-likeness (QED) is 0.357. The summed E-state index contributed by atoms with van der Waals surface area (Å²) < 4.78 is 4.72. The van der Waals surface area contributed by atoms with Gasteiger partial charge in [-0.2, -0.15) is 0 Å². The Bertz CT molecular complexity index is 1290. The first-order valence-corrected chi connectivity index (χ1v) is 16.4. The van der Waals surface area contributed by atoms with Gasteiger partial charge in [-0.3, -0.25) is 19.3 Å². The highest BCUT2D eigenvalue weighted by Crippen LogP contribution is 2.68. The molecule has 10 heteroatoms. The predicted molar refractivity (Wildman–Crippen MR) is 165 cm³/mol. The van der Waals surface area contributed by atoms with Crippen molar-refractivity contribution in [2.24, 2.45) is 17.8 Å². The molecule has 1 spiro atoms. The van der Waals surface area contributed by atoms with Crippen LogP contribution in [0.25, 0.3) is 0 Å². The Morgan fingerprint density at radius 2 is 1.70 bits per heavy atom. The van der Waals surface area contributed by atoms with Crippen molar-refractivity contribution in [3.05, 3.63) is 71.8 Å². The summed E-state index contributed by atoms with van der Waals surface area (Å²) in [6.07, 6.45) is 1.20. The van der Waals surface area contributed by atoms with E-state index >= 15 is 0 Å². The van der Waals surface area contributed by atoms with Gasteiger partial charge in [-0.05, 0) is 29.9 Å². The van der Waals surface area contributed by atoms with Crippen LogP contribution >= 0.6 is 11.8 Å². The summed E-state index contributed by atoms with van der Waals surface area (Å²) in [5.74, 6) is -1.61. The van der Waals surface area contributed by atoms with E-state index in [1.807, 2.05) is 60.7 Å². The molecule has 4 heterocycles. The van der Waals surface area contributed by atoms with E-state index in [2.05, 4.69) is 22.5 Å². The van der Waals surface area contributed by atoms with Crippen LogP contribution < -0.4 is 10.6 Å². The number of nitrogens with one attached hydrogen (secondary N) is 2. The number of rotatable bonds is 11. The average molecular weight is 607 g/mol. The van der Waals surface area contributed by atoms with E-state index in [0.29, 0.717) is 39.3 Å². The molecule has 6 rings (SSSR count). The SMILES string of the molecule is CC1C[C@H]2SC13C(C(=O)NCCN1CCOCC1)N([C@@H](CO)Cc1ccccc1)C(=O)[C@@H]3[C@H]2C(=O)NCc1ccccc1. The van der Waals surface area contributed by atoms with E-state index in [0.717, 1.165) is 30.6 Å². The van der Waals surface area contributed by atoms with Gasteiger partial charge in [0.1, 0.15) is 6.04 Å². The fraction of sp³-hybridized carbons (Fsp3) is 0.545. The van der Waals surface area contributed by atoms with E-state index < -0.39 is 28.7 Å². The predicted octanol–water partition coefficient (Wildman–Crippen LogP) is 1.69. The van der Waals surface area contributed by atoms with Gasteiger partial charge in [-0.1, -0.05) is 67.6 Å². The first-order chi connectivity index (χ1) is 20.9. The van der Waals surface area contributed by atoms with Crippen LogP contribution in [-0.4, -0.2) is 101 Å². The van der Waals surface area contributed by atoms with Crippen molar-refractivity contribution in [1.82, 2.24) is 20.4 Å². The van der Waals surface area contributed by atoms with Gasteiger partial charge < -0.3 is 25.4 Å².